The maximum atomic E-state index is 12.1. The summed E-state index contributed by atoms with van der Waals surface area (Å²) in [5.74, 6) is -2.87. The topological polar surface area (TPSA) is 282 Å². The first kappa shape index (κ1) is 35.1. The van der Waals surface area contributed by atoms with Crippen molar-refractivity contribution in [3.05, 3.63) is 103 Å². The number of ketones is 1. The summed E-state index contributed by atoms with van der Waals surface area (Å²) in [5, 5.41) is 32.6. The number of aliphatic carboxylic acids is 1. The number of carboxylic acid groups (broad SMARTS) is 1. The van der Waals surface area contributed by atoms with E-state index in [1.54, 1.807) is 54.6 Å². The van der Waals surface area contributed by atoms with Crippen molar-refractivity contribution in [3.8, 4) is 5.75 Å². The average Bonchev–Trinajstić information content (AvgIpc) is 3.07. The number of carboxylic acids is 1. The van der Waals surface area contributed by atoms with E-state index in [1.807, 2.05) is 0 Å². The molecular weight excluding hydrogens is 721 g/mol. The van der Waals surface area contributed by atoms with Gasteiger partial charge in [0.2, 0.25) is 17.8 Å². The van der Waals surface area contributed by atoms with E-state index in [-0.39, 0.29) is 40.0 Å². The number of benzene rings is 4. The maximum Gasteiger partial charge on any atom is 0.339 e. The van der Waals surface area contributed by atoms with E-state index in [0.29, 0.717) is 17.1 Å². The van der Waals surface area contributed by atoms with Gasteiger partial charge in [0.25, 0.3) is 20.2 Å². The van der Waals surface area contributed by atoms with Crippen molar-refractivity contribution in [2.75, 3.05) is 21.4 Å². The van der Waals surface area contributed by atoms with Crippen LogP contribution < -0.4 is 21.4 Å². The first-order chi connectivity index (χ1) is 24.6. The second kappa shape index (κ2) is 13.9. The van der Waals surface area contributed by atoms with Gasteiger partial charge in [0.05, 0.1) is 26.9 Å². The van der Waals surface area contributed by atoms with E-state index >= 15 is 0 Å². The first-order valence-corrected chi connectivity index (χ1v) is 17.5. The van der Waals surface area contributed by atoms with Crippen molar-refractivity contribution in [1.82, 2.24) is 15.0 Å². The number of carbonyl (C=O) groups excluding carboxylic acids is 1. The zero-order chi connectivity index (χ0) is 37.2. The number of aromatic hydroxyl groups is 1. The first-order valence-electron chi connectivity index (χ1n) is 14.6. The Bertz CT molecular complexity index is 2570. The SMILES string of the molecule is O=C(O)C1=CC(=NNc2ccc(Nc3nc(Nc4ccccc4)nc(Nc4cc(S(=O)(=O)O)cc5cc(S(=O)(=O)O)cc(O)c45)n3)cc2)C=CC1=O. The standard InChI is InChI=1S/C32H24N8O10S2/c41-26-11-10-21(14-24(26)29(43)44)40-39-20-8-6-19(7-9-20)34-31-36-30(33-18-4-2-1-3-5-18)37-32(38-31)35-25-15-22(51(45,46)47)12-17-13-23(52(48,49)50)16-27(42)28(17)25/h1-16,39,42H,(H,43,44)(H,45,46,47)(H,48,49,50)(H3,33,34,35,36,37,38). The number of phenolic OH excluding ortho intramolecular Hbond substituents is 1. The Hall–Kier alpha value is -6.74. The van der Waals surface area contributed by atoms with E-state index in [0.717, 1.165) is 36.4 Å². The van der Waals surface area contributed by atoms with Gasteiger partial charge in [-0.2, -0.15) is 36.9 Å². The summed E-state index contributed by atoms with van der Waals surface area (Å²) >= 11 is 0. The number of nitrogens with zero attached hydrogens (tertiary/aromatic N) is 4. The Morgan fingerprint density at radius 3 is 1.81 bits per heavy atom. The molecule has 0 saturated heterocycles. The highest BCUT2D eigenvalue weighted by molar-refractivity contribution is 7.86. The molecule has 0 bridgehead atoms. The van der Waals surface area contributed by atoms with E-state index in [4.69, 9.17) is 0 Å². The van der Waals surface area contributed by atoms with Crippen LogP contribution in [-0.4, -0.2) is 68.6 Å². The van der Waals surface area contributed by atoms with Gasteiger partial charge in [0, 0.05) is 22.8 Å². The lowest BCUT2D eigenvalue weighted by atomic mass is 10.0. The lowest BCUT2D eigenvalue weighted by Crippen LogP contribution is -2.15. The number of carbonyl (C=O) groups is 2. The highest BCUT2D eigenvalue weighted by Crippen LogP contribution is 2.38. The van der Waals surface area contributed by atoms with Crippen LogP contribution in [0.5, 0.6) is 5.75 Å². The lowest BCUT2D eigenvalue weighted by Gasteiger charge is -2.15. The molecule has 1 aliphatic carbocycles. The number of fused-ring (bicyclic) bond motifs is 1. The summed E-state index contributed by atoms with van der Waals surface area (Å²) in [7, 11) is -9.67. The molecule has 1 aromatic heterocycles. The number of allylic oxidation sites excluding steroid dienone is 3. The third kappa shape index (κ3) is 8.17. The molecule has 264 valence electrons. The molecule has 20 heteroatoms. The molecule has 1 aliphatic rings. The number of aromatic nitrogens is 3. The molecule has 1 heterocycles. The number of rotatable bonds is 11. The Morgan fingerprint density at radius 1 is 0.692 bits per heavy atom. The summed E-state index contributed by atoms with van der Waals surface area (Å²) in [6.07, 6.45) is 3.61. The minimum absolute atomic E-state index is 0.0150. The molecule has 6 rings (SSSR count). The largest absolute Gasteiger partial charge is 0.507 e. The van der Waals surface area contributed by atoms with Gasteiger partial charge >= 0.3 is 5.97 Å². The van der Waals surface area contributed by atoms with Crippen LogP contribution in [0.25, 0.3) is 10.8 Å². The zero-order valence-corrected chi connectivity index (χ0v) is 27.7. The number of phenols is 1. The summed E-state index contributed by atoms with van der Waals surface area (Å²) in [4.78, 5) is 34.7. The van der Waals surface area contributed by atoms with Gasteiger partial charge in [-0.15, -0.1) is 0 Å². The summed E-state index contributed by atoms with van der Waals surface area (Å²) in [5.41, 5.74) is 3.98. The van der Waals surface area contributed by atoms with Crippen LogP contribution in [-0.2, 0) is 29.8 Å². The van der Waals surface area contributed by atoms with Gasteiger partial charge in [0.1, 0.15) is 11.3 Å². The van der Waals surface area contributed by atoms with E-state index in [9.17, 15) is 45.7 Å². The molecule has 0 unspecified atom stereocenters. The number of hydrogen-bond acceptors (Lipinski definition) is 15. The number of anilines is 7. The minimum Gasteiger partial charge on any atom is -0.507 e. The fourth-order valence-electron chi connectivity index (χ4n) is 4.79. The van der Waals surface area contributed by atoms with Gasteiger partial charge in [-0.1, -0.05) is 18.2 Å². The molecule has 0 saturated carbocycles. The van der Waals surface area contributed by atoms with Crippen molar-refractivity contribution in [2.24, 2.45) is 5.10 Å². The van der Waals surface area contributed by atoms with Crippen LogP contribution in [0.4, 0.5) is 40.6 Å². The van der Waals surface area contributed by atoms with E-state index in [2.05, 4.69) is 41.4 Å². The summed E-state index contributed by atoms with van der Waals surface area (Å²) in [6.45, 7) is 0. The van der Waals surface area contributed by atoms with E-state index < -0.39 is 53.1 Å². The van der Waals surface area contributed by atoms with Crippen LogP contribution in [0, 0.1) is 0 Å². The Balaban J connectivity index is 1.33. The quantitative estimate of drug-likeness (QED) is 0.0403. The lowest BCUT2D eigenvalue weighted by molar-refractivity contribution is -0.134. The zero-order valence-electron chi connectivity index (χ0n) is 26.1. The Morgan fingerprint density at radius 2 is 1.23 bits per heavy atom. The normalized spacial score (nSPS) is 13.8. The fourth-order valence-corrected chi connectivity index (χ4v) is 5.87. The minimum atomic E-state index is -4.86. The van der Waals surface area contributed by atoms with Crippen LogP contribution in [0.2, 0.25) is 0 Å². The van der Waals surface area contributed by atoms with Crippen LogP contribution >= 0.6 is 0 Å². The van der Waals surface area contributed by atoms with Crippen LogP contribution in [0.15, 0.2) is 118 Å². The Labute approximate surface area is 293 Å². The molecule has 4 aromatic carbocycles. The van der Waals surface area contributed by atoms with Crippen LogP contribution in [0.1, 0.15) is 0 Å². The molecule has 0 spiro atoms. The number of hydrazone groups is 1. The summed E-state index contributed by atoms with van der Waals surface area (Å²) < 4.78 is 67.2. The third-order valence-corrected chi connectivity index (χ3v) is 8.79. The van der Waals surface area contributed by atoms with Crippen LogP contribution in [0.3, 0.4) is 0 Å². The molecule has 8 N–H and O–H groups in total. The number of nitrogens with one attached hydrogen (secondary N) is 4. The molecular formula is C32H24N8O10S2. The van der Waals surface area contributed by atoms with Crippen molar-refractivity contribution >= 4 is 89.1 Å². The van der Waals surface area contributed by atoms with Gasteiger partial charge in [0.15, 0.2) is 5.78 Å². The molecule has 0 atom stereocenters. The van der Waals surface area contributed by atoms with Gasteiger partial charge < -0.3 is 26.2 Å². The molecule has 52 heavy (non-hydrogen) atoms. The van der Waals surface area contributed by atoms with Gasteiger partial charge in [-0.25, -0.2) is 4.79 Å². The molecule has 0 amide bonds. The number of para-hydroxylation sites is 1. The van der Waals surface area contributed by atoms with Gasteiger partial charge in [-0.05, 0) is 78.2 Å². The maximum absolute atomic E-state index is 12.1. The monoisotopic (exact) mass is 744 g/mol. The predicted molar refractivity (Wildman–Crippen MR) is 189 cm³/mol. The molecule has 5 aromatic rings. The summed E-state index contributed by atoms with van der Waals surface area (Å²) in [6, 6.07) is 18.9. The van der Waals surface area contributed by atoms with Crippen molar-refractivity contribution in [2.45, 2.75) is 9.79 Å². The molecule has 0 aliphatic heterocycles. The van der Waals surface area contributed by atoms with E-state index in [1.165, 1.54) is 6.08 Å². The third-order valence-electron chi connectivity index (χ3n) is 7.13. The molecule has 0 radical (unpaired) electrons. The highest BCUT2D eigenvalue weighted by atomic mass is 32.2. The second-order valence-electron chi connectivity index (χ2n) is 10.8. The molecule has 0 fully saturated rings. The van der Waals surface area contributed by atoms with Crippen molar-refractivity contribution < 1.29 is 45.7 Å². The predicted octanol–water partition coefficient (Wildman–Crippen LogP) is 4.37. The highest BCUT2D eigenvalue weighted by Gasteiger charge is 2.21. The smallest absolute Gasteiger partial charge is 0.339 e. The second-order valence-corrected chi connectivity index (χ2v) is 13.6. The van der Waals surface area contributed by atoms with Gasteiger partial charge in [-0.3, -0.25) is 19.3 Å². The Kier molecular flexibility index (Phi) is 9.37. The van der Waals surface area contributed by atoms with Crippen molar-refractivity contribution in [3.63, 3.8) is 0 Å². The number of hydrogen-bond donors (Lipinski definition) is 8. The molecule has 18 nitrogen and oxygen atoms in total. The fraction of sp³-hybridized carbons (Fsp3) is 0. The average molecular weight is 745 g/mol. The van der Waals surface area contributed by atoms with Crippen molar-refractivity contribution in [1.29, 1.82) is 0 Å².